The second-order valence-corrected chi connectivity index (χ2v) is 4.50. The third-order valence-electron chi connectivity index (χ3n) is 3.14. The predicted molar refractivity (Wildman–Crippen MR) is 75.6 cm³/mol. The van der Waals surface area contributed by atoms with Gasteiger partial charge in [-0.25, -0.2) is 4.79 Å². The average molecular weight is 279 g/mol. The van der Waals surface area contributed by atoms with E-state index in [-0.39, 0.29) is 12.6 Å². The molecular formula is C15H21NO4. The van der Waals surface area contributed by atoms with Gasteiger partial charge >= 0.3 is 11.9 Å². The van der Waals surface area contributed by atoms with Crippen molar-refractivity contribution in [3.8, 4) is 5.75 Å². The number of carbonyl (C=O) groups excluding carboxylic acids is 2. The molecule has 1 aromatic carbocycles. The van der Waals surface area contributed by atoms with Crippen molar-refractivity contribution in [3.63, 3.8) is 0 Å². The Labute approximate surface area is 119 Å². The van der Waals surface area contributed by atoms with Gasteiger partial charge in [0.25, 0.3) is 0 Å². The number of carbonyl (C=O) groups is 2. The van der Waals surface area contributed by atoms with Crippen molar-refractivity contribution in [2.24, 2.45) is 0 Å². The molecule has 1 unspecified atom stereocenters. The van der Waals surface area contributed by atoms with Gasteiger partial charge in [0.2, 0.25) is 0 Å². The van der Waals surface area contributed by atoms with E-state index < -0.39 is 11.9 Å². The summed E-state index contributed by atoms with van der Waals surface area (Å²) >= 11 is 0. The molecule has 0 aliphatic rings. The number of para-hydroxylation sites is 1. The molecule has 0 aliphatic carbocycles. The largest absolute Gasteiger partial charge is 0.496 e. The summed E-state index contributed by atoms with van der Waals surface area (Å²) in [6.07, 6.45) is 0.603. The van der Waals surface area contributed by atoms with Crippen LogP contribution in [0.15, 0.2) is 24.3 Å². The molecule has 20 heavy (non-hydrogen) atoms. The Morgan fingerprint density at radius 3 is 2.55 bits per heavy atom. The molecule has 0 radical (unpaired) electrons. The number of likely N-dealkylation sites (N-methyl/N-ethyl adjacent to an activating group) is 1. The molecule has 0 spiro atoms. The first-order valence-electron chi connectivity index (χ1n) is 6.57. The van der Waals surface area contributed by atoms with E-state index in [1.807, 2.05) is 31.2 Å². The van der Waals surface area contributed by atoms with Crippen molar-refractivity contribution in [1.82, 2.24) is 4.90 Å². The average Bonchev–Trinajstić information content (AvgIpc) is 2.46. The van der Waals surface area contributed by atoms with E-state index in [0.717, 1.165) is 11.3 Å². The minimum Gasteiger partial charge on any atom is -0.496 e. The summed E-state index contributed by atoms with van der Waals surface area (Å²) in [6, 6.07) is 7.48. The number of methoxy groups -OCH3 is 1. The highest BCUT2D eigenvalue weighted by Gasteiger charge is 2.24. The van der Waals surface area contributed by atoms with Crippen LogP contribution in [-0.2, 0) is 20.7 Å². The fourth-order valence-corrected chi connectivity index (χ4v) is 1.86. The molecule has 1 atom stereocenters. The highest BCUT2D eigenvalue weighted by Crippen LogP contribution is 2.20. The second kappa shape index (κ2) is 7.53. The fraction of sp³-hybridized carbons (Fsp3) is 0.467. The Morgan fingerprint density at radius 2 is 1.95 bits per heavy atom. The molecule has 1 aromatic rings. The quantitative estimate of drug-likeness (QED) is 0.607. The topological polar surface area (TPSA) is 55.8 Å². The van der Waals surface area contributed by atoms with Crippen LogP contribution in [0.1, 0.15) is 19.4 Å². The molecule has 0 aliphatic heterocycles. The SMILES string of the molecule is CCOC(=O)C(=O)N(C)C(C)Cc1ccccc1OC. The third kappa shape index (κ3) is 3.98. The number of hydrogen-bond donors (Lipinski definition) is 0. The number of benzene rings is 1. The van der Waals surface area contributed by atoms with Crippen LogP contribution < -0.4 is 4.74 Å². The number of ether oxygens (including phenoxy) is 2. The maximum absolute atomic E-state index is 11.8. The summed E-state index contributed by atoms with van der Waals surface area (Å²) in [5.74, 6) is -0.674. The maximum atomic E-state index is 11.8. The van der Waals surface area contributed by atoms with E-state index in [9.17, 15) is 9.59 Å². The molecule has 0 saturated heterocycles. The fourth-order valence-electron chi connectivity index (χ4n) is 1.86. The first-order valence-corrected chi connectivity index (χ1v) is 6.57. The first kappa shape index (κ1) is 16.0. The molecule has 0 fully saturated rings. The van der Waals surface area contributed by atoms with Gasteiger partial charge in [0.15, 0.2) is 0 Å². The lowest BCUT2D eigenvalue weighted by Gasteiger charge is -2.24. The van der Waals surface area contributed by atoms with Crippen LogP contribution in [0.3, 0.4) is 0 Å². The number of amides is 1. The van der Waals surface area contributed by atoms with Gasteiger partial charge in [-0.1, -0.05) is 18.2 Å². The van der Waals surface area contributed by atoms with E-state index in [2.05, 4.69) is 0 Å². The molecule has 0 bridgehead atoms. The van der Waals surface area contributed by atoms with E-state index in [4.69, 9.17) is 9.47 Å². The first-order chi connectivity index (χ1) is 9.51. The van der Waals surface area contributed by atoms with Crippen molar-refractivity contribution >= 4 is 11.9 Å². The van der Waals surface area contributed by atoms with Crippen LogP contribution >= 0.6 is 0 Å². The summed E-state index contributed by atoms with van der Waals surface area (Å²) in [5, 5.41) is 0. The molecule has 0 aromatic heterocycles. The van der Waals surface area contributed by atoms with E-state index >= 15 is 0 Å². The Kier molecular flexibility index (Phi) is 6.03. The van der Waals surface area contributed by atoms with Gasteiger partial charge in [0.05, 0.1) is 13.7 Å². The summed E-state index contributed by atoms with van der Waals surface area (Å²) in [7, 11) is 3.20. The minimum absolute atomic E-state index is 0.136. The number of nitrogens with zero attached hydrogens (tertiary/aromatic N) is 1. The highest BCUT2D eigenvalue weighted by molar-refractivity contribution is 6.32. The Bertz CT molecular complexity index is 473. The lowest BCUT2D eigenvalue weighted by atomic mass is 10.1. The van der Waals surface area contributed by atoms with Crippen molar-refractivity contribution in [2.75, 3.05) is 20.8 Å². The number of hydrogen-bond acceptors (Lipinski definition) is 4. The zero-order chi connectivity index (χ0) is 15.1. The molecule has 0 saturated carbocycles. The molecule has 1 rings (SSSR count). The Balaban J connectivity index is 2.72. The van der Waals surface area contributed by atoms with Crippen LogP contribution in [0.5, 0.6) is 5.75 Å². The number of rotatable bonds is 5. The monoisotopic (exact) mass is 279 g/mol. The molecule has 110 valence electrons. The molecule has 5 heteroatoms. The molecule has 0 heterocycles. The van der Waals surface area contributed by atoms with Gasteiger partial charge in [-0.05, 0) is 31.9 Å². The Hall–Kier alpha value is -2.04. The van der Waals surface area contributed by atoms with Crippen LogP contribution in [-0.4, -0.2) is 43.6 Å². The normalized spacial score (nSPS) is 11.6. The van der Waals surface area contributed by atoms with E-state index in [0.29, 0.717) is 6.42 Å². The zero-order valence-corrected chi connectivity index (χ0v) is 12.4. The lowest BCUT2D eigenvalue weighted by Crippen LogP contribution is -2.41. The van der Waals surface area contributed by atoms with Crippen molar-refractivity contribution in [3.05, 3.63) is 29.8 Å². The smallest absolute Gasteiger partial charge is 0.397 e. The van der Waals surface area contributed by atoms with Gasteiger partial charge in [-0.15, -0.1) is 0 Å². The number of esters is 1. The predicted octanol–water partition coefficient (Wildman–Crippen LogP) is 1.65. The third-order valence-corrected chi connectivity index (χ3v) is 3.14. The summed E-state index contributed by atoms with van der Waals surface area (Å²) in [4.78, 5) is 24.7. The van der Waals surface area contributed by atoms with Gasteiger partial charge in [-0.2, -0.15) is 0 Å². The molecule has 1 amide bonds. The van der Waals surface area contributed by atoms with Gasteiger partial charge in [0, 0.05) is 13.1 Å². The van der Waals surface area contributed by atoms with Crippen LogP contribution in [0, 0.1) is 0 Å². The van der Waals surface area contributed by atoms with Crippen LogP contribution in [0.25, 0.3) is 0 Å². The summed E-state index contributed by atoms with van der Waals surface area (Å²) in [6.45, 7) is 3.74. The van der Waals surface area contributed by atoms with E-state index in [1.54, 1.807) is 21.1 Å². The summed E-state index contributed by atoms with van der Waals surface area (Å²) < 4.78 is 9.99. The zero-order valence-electron chi connectivity index (χ0n) is 12.4. The van der Waals surface area contributed by atoms with E-state index in [1.165, 1.54) is 4.90 Å². The standard InChI is InChI=1S/C15H21NO4/c1-5-20-15(18)14(17)16(3)11(2)10-12-8-6-7-9-13(12)19-4/h6-9,11H,5,10H2,1-4H3. The molecule has 5 nitrogen and oxygen atoms in total. The van der Waals surface area contributed by atoms with Crippen molar-refractivity contribution in [2.45, 2.75) is 26.3 Å². The van der Waals surface area contributed by atoms with Gasteiger partial charge in [-0.3, -0.25) is 4.79 Å². The minimum atomic E-state index is -0.818. The summed E-state index contributed by atoms with van der Waals surface area (Å²) in [5.41, 5.74) is 0.992. The van der Waals surface area contributed by atoms with Crippen LogP contribution in [0.4, 0.5) is 0 Å². The maximum Gasteiger partial charge on any atom is 0.397 e. The molecular weight excluding hydrogens is 258 g/mol. The van der Waals surface area contributed by atoms with Gasteiger partial charge in [0.1, 0.15) is 5.75 Å². The highest BCUT2D eigenvalue weighted by atomic mass is 16.5. The van der Waals surface area contributed by atoms with Gasteiger partial charge < -0.3 is 14.4 Å². The second-order valence-electron chi connectivity index (χ2n) is 4.50. The van der Waals surface area contributed by atoms with Crippen molar-refractivity contribution < 1.29 is 19.1 Å². The lowest BCUT2D eigenvalue weighted by molar-refractivity contribution is -0.160. The molecule has 0 N–H and O–H groups in total. The van der Waals surface area contributed by atoms with Crippen molar-refractivity contribution in [1.29, 1.82) is 0 Å². The Morgan fingerprint density at radius 1 is 1.30 bits per heavy atom. The van der Waals surface area contributed by atoms with Crippen LogP contribution in [0.2, 0.25) is 0 Å².